The normalized spacial score (nSPS) is 12.3. The van der Waals surface area contributed by atoms with E-state index >= 15 is 0 Å². The van der Waals surface area contributed by atoms with Crippen LogP contribution in [0.2, 0.25) is 0 Å². The zero-order valence-corrected chi connectivity index (χ0v) is 11.1. The first-order chi connectivity index (χ1) is 8.13. The van der Waals surface area contributed by atoms with Gasteiger partial charge < -0.3 is 10.2 Å². The lowest BCUT2D eigenvalue weighted by Crippen LogP contribution is -2.26. The minimum atomic E-state index is -0.316. The van der Waals surface area contributed by atoms with E-state index < -0.39 is 0 Å². The fraction of sp³-hybridized carbons (Fsp3) is 0.538. The molecule has 0 radical (unpaired) electrons. The van der Waals surface area contributed by atoms with Gasteiger partial charge in [-0.2, -0.15) is 0 Å². The van der Waals surface area contributed by atoms with Crippen LogP contribution in [0, 0.1) is 11.8 Å². The second-order valence-corrected chi connectivity index (χ2v) is 5.08. The summed E-state index contributed by atoms with van der Waals surface area (Å²) >= 11 is 1.67. The van der Waals surface area contributed by atoms with Crippen molar-refractivity contribution in [1.82, 2.24) is 4.90 Å². The first-order valence-electron chi connectivity index (χ1n) is 5.66. The highest BCUT2D eigenvalue weighted by Gasteiger charge is 2.07. The van der Waals surface area contributed by atoms with Crippen molar-refractivity contribution in [1.29, 1.82) is 0 Å². The van der Waals surface area contributed by atoms with E-state index in [9.17, 15) is 5.11 Å². The maximum absolute atomic E-state index is 9.30. The van der Waals surface area contributed by atoms with Gasteiger partial charge in [-0.1, -0.05) is 11.8 Å². The molecular weight excluding hydrogens is 234 g/mol. The van der Waals surface area contributed by atoms with Crippen LogP contribution >= 0.6 is 11.3 Å². The van der Waals surface area contributed by atoms with Crippen molar-refractivity contribution in [2.75, 3.05) is 20.2 Å². The Balaban J connectivity index is 2.60. The van der Waals surface area contributed by atoms with Gasteiger partial charge in [-0.25, -0.2) is 0 Å². The average molecular weight is 253 g/mol. The van der Waals surface area contributed by atoms with Crippen molar-refractivity contribution < 1.29 is 10.2 Å². The van der Waals surface area contributed by atoms with Crippen LogP contribution < -0.4 is 0 Å². The number of likely N-dealkylation sites (N-methyl/N-ethyl adjacent to an activating group) is 1. The number of hydrogen-bond donors (Lipinski definition) is 2. The quantitative estimate of drug-likeness (QED) is 0.777. The Hall–Kier alpha value is -0.860. The Morgan fingerprint density at radius 1 is 1.53 bits per heavy atom. The summed E-state index contributed by atoms with van der Waals surface area (Å²) in [6, 6.07) is 2.00. The van der Waals surface area contributed by atoms with Crippen LogP contribution in [0.3, 0.4) is 0 Å². The Morgan fingerprint density at radius 3 is 2.94 bits per heavy atom. The van der Waals surface area contributed by atoms with Crippen LogP contribution in [-0.2, 0) is 6.54 Å². The molecule has 0 fully saturated rings. The maximum Gasteiger partial charge on any atom is 0.0639 e. The number of aliphatic hydroxyl groups excluding tert-OH is 2. The van der Waals surface area contributed by atoms with Gasteiger partial charge in [0.1, 0.15) is 0 Å². The molecule has 94 valence electrons. The number of hydrogen-bond acceptors (Lipinski definition) is 4. The molecule has 1 aromatic heterocycles. The molecule has 0 saturated carbocycles. The average Bonchev–Trinajstić information content (AvgIpc) is 2.65. The minimum Gasteiger partial charge on any atom is -0.395 e. The molecule has 1 heterocycles. The highest BCUT2D eigenvalue weighted by atomic mass is 32.1. The molecule has 0 spiro atoms. The Kier molecular flexibility index (Phi) is 6.23. The third-order valence-electron chi connectivity index (χ3n) is 2.19. The van der Waals surface area contributed by atoms with Crippen LogP contribution in [0.5, 0.6) is 0 Å². The van der Waals surface area contributed by atoms with Gasteiger partial charge in [-0.05, 0) is 25.4 Å². The van der Waals surface area contributed by atoms with Gasteiger partial charge in [0.2, 0.25) is 0 Å². The van der Waals surface area contributed by atoms with Crippen molar-refractivity contribution in [3.63, 3.8) is 0 Å². The fourth-order valence-corrected chi connectivity index (χ4v) is 2.46. The summed E-state index contributed by atoms with van der Waals surface area (Å²) in [6.07, 6.45) is 0.197. The number of aliphatic hydroxyl groups is 2. The summed E-state index contributed by atoms with van der Waals surface area (Å²) in [5.74, 6) is 5.99. The predicted molar refractivity (Wildman–Crippen MR) is 70.9 cm³/mol. The summed E-state index contributed by atoms with van der Waals surface area (Å²) < 4.78 is 0. The standard InChI is InChI=1S/C13H19NO2S/c1-11(16)9-14(2)10-13-12(6-8-17-13)5-3-4-7-15/h6,8,11,15-16H,4,7,9-10H2,1-2H3. The van der Waals surface area contributed by atoms with Gasteiger partial charge in [0.25, 0.3) is 0 Å². The van der Waals surface area contributed by atoms with Crippen molar-refractivity contribution >= 4 is 11.3 Å². The first kappa shape index (κ1) is 14.2. The second-order valence-electron chi connectivity index (χ2n) is 4.08. The molecule has 0 aromatic carbocycles. The number of rotatable bonds is 5. The topological polar surface area (TPSA) is 43.7 Å². The largest absolute Gasteiger partial charge is 0.395 e. The van der Waals surface area contributed by atoms with Gasteiger partial charge in [0, 0.05) is 30.0 Å². The lowest BCUT2D eigenvalue weighted by atomic mass is 10.2. The molecular formula is C13H19NO2S. The molecule has 0 aliphatic heterocycles. The molecule has 0 saturated heterocycles. The SMILES string of the molecule is CC(O)CN(C)Cc1sccc1C#CCCO. The first-order valence-corrected chi connectivity index (χ1v) is 6.54. The van der Waals surface area contributed by atoms with E-state index in [4.69, 9.17) is 5.11 Å². The van der Waals surface area contributed by atoms with Gasteiger partial charge in [-0.3, -0.25) is 4.90 Å². The lowest BCUT2D eigenvalue weighted by molar-refractivity contribution is 0.139. The zero-order chi connectivity index (χ0) is 12.7. The third kappa shape index (κ3) is 5.33. The summed E-state index contributed by atoms with van der Waals surface area (Å²) in [5, 5.41) is 20.0. The Labute approximate surface area is 107 Å². The molecule has 1 aromatic rings. The van der Waals surface area contributed by atoms with Gasteiger partial charge >= 0.3 is 0 Å². The minimum absolute atomic E-state index is 0.106. The van der Waals surface area contributed by atoms with Gasteiger partial charge in [0.05, 0.1) is 12.7 Å². The Morgan fingerprint density at radius 2 is 2.29 bits per heavy atom. The van der Waals surface area contributed by atoms with Crippen LogP contribution in [-0.4, -0.2) is 41.4 Å². The monoisotopic (exact) mass is 253 g/mol. The molecule has 1 unspecified atom stereocenters. The summed E-state index contributed by atoms with van der Waals surface area (Å²) in [5.41, 5.74) is 1.03. The molecule has 0 aliphatic carbocycles. The van der Waals surface area contributed by atoms with E-state index in [1.807, 2.05) is 18.5 Å². The van der Waals surface area contributed by atoms with E-state index in [2.05, 4.69) is 16.7 Å². The molecule has 1 atom stereocenters. The lowest BCUT2D eigenvalue weighted by Gasteiger charge is -2.17. The highest BCUT2D eigenvalue weighted by Crippen LogP contribution is 2.17. The third-order valence-corrected chi connectivity index (χ3v) is 3.10. The van der Waals surface area contributed by atoms with E-state index in [0.717, 1.165) is 12.1 Å². The van der Waals surface area contributed by atoms with Crippen molar-refractivity contribution in [3.8, 4) is 11.8 Å². The smallest absolute Gasteiger partial charge is 0.0639 e. The predicted octanol–water partition coefficient (Wildman–Crippen LogP) is 1.29. The van der Waals surface area contributed by atoms with Gasteiger partial charge in [0.15, 0.2) is 0 Å². The van der Waals surface area contributed by atoms with E-state index in [0.29, 0.717) is 13.0 Å². The van der Waals surface area contributed by atoms with Crippen LogP contribution in [0.25, 0.3) is 0 Å². The second kappa shape index (κ2) is 7.46. The van der Waals surface area contributed by atoms with E-state index in [1.165, 1.54) is 4.88 Å². The summed E-state index contributed by atoms with van der Waals surface area (Å²) in [4.78, 5) is 3.28. The van der Waals surface area contributed by atoms with Crippen LogP contribution in [0.4, 0.5) is 0 Å². The highest BCUT2D eigenvalue weighted by molar-refractivity contribution is 7.10. The molecule has 17 heavy (non-hydrogen) atoms. The fourth-order valence-electron chi connectivity index (χ4n) is 1.55. The molecule has 4 heteroatoms. The van der Waals surface area contributed by atoms with Crippen molar-refractivity contribution in [2.45, 2.75) is 26.0 Å². The molecule has 0 aliphatic rings. The van der Waals surface area contributed by atoms with E-state index in [-0.39, 0.29) is 12.7 Å². The number of nitrogens with zero attached hydrogens (tertiary/aromatic N) is 1. The maximum atomic E-state index is 9.30. The van der Waals surface area contributed by atoms with Crippen molar-refractivity contribution in [3.05, 3.63) is 21.9 Å². The summed E-state index contributed by atoms with van der Waals surface area (Å²) in [6.45, 7) is 3.34. The molecule has 2 N–H and O–H groups in total. The van der Waals surface area contributed by atoms with Crippen LogP contribution in [0.15, 0.2) is 11.4 Å². The zero-order valence-electron chi connectivity index (χ0n) is 10.3. The summed E-state index contributed by atoms with van der Waals surface area (Å²) in [7, 11) is 1.98. The molecule has 0 amide bonds. The molecule has 0 bridgehead atoms. The van der Waals surface area contributed by atoms with Gasteiger partial charge in [-0.15, -0.1) is 11.3 Å². The number of thiophene rings is 1. The molecule has 1 rings (SSSR count). The van der Waals surface area contributed by atoms with Crippen LogP contribution in [0.1, 0.15) is 23.8 Å². The molecule has 3 nitrogen and oxygen atoms in total. The Bertz CT molecular complexity index is 390. The van der Waals surface area contributed by atoms with E-state index in [1.54, 1.807) is 18.3 Å². The van der Waals surface area contributed by atoms with Crippen molar-refractivity contribution in [2.24, 2.45) is 0 Å².